The van der Waals surface area contributed by atoms with Crippen molar-refractivity contribution in [3.05, 3.63) is 53.5 Å². The highest BCUT2D eigenvalue weighted by Gasteiger charge is 2.14. The number of benzene rings is 1. The molecule has 1 aromatic heterocycles. The van der Waals surface area contributed by atoms with E-state index in [1.807, 2.05) is 7.05 Å². The molecule has 0 saturated heterocycles. The summed E-state index contributed by atoms with van der Waals surface area (Å²) in [5.74, 6) is 0.492. The molecule has 0 unspecified atom stereocenters. The lowest BCUT2D eigenvalue weighted by Gasteiger charge is -2.24. The van der Waals surface area contributed by atoms with E-state index in [0.717, 1.165) is 23.6 Å². The number of nitrogens with zero attached hydrogens (tertiary/aromatic N) is 2. The summed E-state index contributed by atoms with van der Waals surface area (Å²) < 4.78 is 13.4. The third kappa shape index (κ3) is 3.14. The van der Waals surface area contributed by atoms with Crippen LogP contribution in [-0.2, 0) is 6.54 Å². The van der Waals surface area contributed by atoms with Crippen LogP contribution in [0, 0.1) is 12.7 Å². The third-order valence-corrected chi connectivity index (χ3v) is 3.19. The van der Waals surface area contributed by atoms with E-state index in [2.05, 4.69) is 53.3 Å². The summed E-state index contributed by atoms with van der Waals surface area (Å²) in [5, 5.41) is 3.06. The van der Waals surface area contributed by atoms with E-state index < -0.39 is 0 Å². The summed E-state index contributed by atoms with van der Waals surface area (Å²) in [6.45, 7) is 5.48. The van der Waals surface area contributed by atoms with Crippen LogP contribution >= 0.6 is 0 Å². The number of halogens is 1. The van der Waals surface area contributed by atoms with Gasteiger partial charge in [-0.3, -0.25) is 0 Å². The Hall–Kier alpha value is -1.94. The SMILES string of the molecule is CCN(c1ccc(C)cc1)c1ncc(F)cc1CNC. The second-order valence-electron chi connectivity index (χ2n) is 4.75. The summed E-state index contributed by atoms with van der Waals surface area (Å²) in [5.41, 5.74) is 3.14. The van der Waals surface area contributed by atoms with Crippen LogP contribution in [0.25, 0.3) is 0 Å². The molecular weight excluding hydrogens is 253 g/mol. The quantitative estimate of drug-likeness (QED) is 0.905. The largest absolute Gasteiger partial charge is 0.326 e. The Morgan fingerprint density at radius 1 is 1.25 bits per heavy atom. The molecule has 2 rings (SSSR count). The zero-order valence-corrected chi connectivity index (χ0v) is 12.2. The van der Waals surface area contributed by atoms with Gasteiger partial charge in [-0.15, -0.1) is 0 Å². The Morgan fingerprint density at radius 2 is 1.95 bits per heavy atom. The van der Waals surface area contributed by atoms with Crippen molar-refractivity contribution in [1.82, 2.24) is 10.3 Å². The first-order chi connectivity index (χ1) is 9.65. The van der Waals surface area contributed by atoms with Crippen molar-refractivity contribution in [3.63, 3.8) is 0 Å². The highest BCUT2D eigenvalue weighted by molar-refractivity contribution is 5.63. The summed E-state index contributed by atoms with van der Waals surface area (Å²) in [6.07, 6.45) is 1.27. The number of aryl methyl sites for hydroxylation is 1. The van der Waals surface area contributed by atoms with Crippen molar-refractivity contribution >= 4 is 11.5 Å². The second-order valence-corrected chi connectivity index (χ2v) is 4.75. The number of hydrogen-bond acceptors (Lipinski definition) is 3. The van der Waals surface area contributed by atoms with Crippen LogP contribution in [0.3, 0.4) is 0 Å². The van der Waals surface area contributed by atoms with Gasteiger partial charge < -0.3 is 10.2 Å². The molecule has 4 heteroatoms. The first-order valence-electron chi connectivity index (χ1n) is 6.79. The first-order valence-corrected chi connectivity index (χ1v) is 6.79. The van der Waals surface area contributed by atoms with Crippen molar-refractivity contribution in [2.45, 2.75) is 20.4 Å². The minimum absolute atomic E-state index is 0.307. The third-order valence-electron chi connectivity index (χ3n) is 3.19. The monoisotopic (exact) mass is 273 g/mol. The standard InChI is InChI=1S/C16H20FN3/c1-4-20(15-7-5-12(2)6-8-15)16-13(10-18-3)9-14(17)11-19-16/h5-9,11,18H,4,10H2,1-3H3. The minimum Gasteiger partial charge on any atom is -0.326 e. The topological polar surface area (TPSA) is 28.2 Å². The van der Waals surface area contributed by atoms with E-state index in [1.165, 1.54) is 17.8 Å². The fraction of sp³-hybridized carbons (Fsp3) is 0.312. The van der Waals surface area contributed by atoms with E-state index in [9.17, 15) is 4.39 Å². The minimum atomic E-state index is -0.307. The van der Waals surface area contributed by atoms with Crippen molar-refractivity contribution < 1.29 is 4.39 Å². The summed E-state index contributed by atoms with van der Waals surface area (Å²) >= 11 is 0. The zero-order chi connectivity index (χ0) is 14.5. The Labute approximate surface area is 119 Å². The maximum absolute atomic E-state index is 13.4. The molecule has 1 N–H and O–H groups in total. The average Bonchev–Trinajstić information content (AvgIpc) is 2.44. The normalized spacial score (nSPS) is 10.6. The Kier molecular flexibility index (Phi) is 4.69. The van der Waals surface area contributed by atoms with Gasteiger partial charge in [0.2, 0.25) is 0 Å². The molecule has 0 spiro atoms. The van der Waals surface area contributed by atoms with Crippen molar-refractivity contribution in [3.8, 4) is 0 Å². The molecular formula is C16H20FN3. The molecule has 106 valence electrons. The van der Waals surface area contributed by atoms with Crippen LogP contribution in [0.4, 0.5) is 15.9 Å². The number of rotatable bonds is 5. The maximum atomic E-state index is 13.4. The van der Waals surface area contributed by atoms with Gasteiger partial charge in [-0.25, -0.2) is 9.37 Å². The van der Waals surface area contributed by atoms with Gasteiger partial charge in [0.25, 0.3) is 0 Å². The lowest BCUT2D eigenvalue weighted by molar-refractivity contribution is 0.616. The van der Waals surface area contributed by atoms with Gasteiger partial charge in [-0.1, -0.05) is 17.7 Å². The summed E-state index contributed by atoms with van der Waals surface area (Å²) in [7, 11) is 1.84. The molecule has 0 aliphatic rings. The van der Waals surface area contributed by atoms with Gasteiger partial charge in [0.05, 0.1) is 6.20 Å². The second kappa shape index (κ2) is 6.48. The molecule has 0 atom stereocenters. The van der Waals surface area contributed by atoms with Crippen molar-refractivity contribution in [1.29, 1.82) is 0 Å². The summed E-state index contributed by atoms with van der Waals surface area (Å²) in [6, 6.07) is 9.80. The highest BCUT2D eigenvalue weighted by Crippen LogP contribution is 2.27. The molecule has 0 radical (unpaired) electrons. The molecule has 0 fully saturated rings. The van der Waals surface area contributed by atoms with Crippen LogP contribution < -0.4 is 10.2 Å². The van der Waals surface area contributed by atoms with Crippen LogP contribution in [0.5, 0.6) is 0 Å². The fourth-order valence-electron chi connectivity index (χ4n) is 2.22. The Balaban J connectivity index is 2.43. The van der Waals surface area contributed by atoms with Crippen molar-refractivity contribution in [2.24, 2.45) is 0 Å². The van der Waals surface area contributed by atoms with Crippen LogP contribution in [0.2, 0.25) is 0 Å². The molecule has 0 aliphatic carbocycles. The lowest BCUT2D eigenvalue weighted by Crippen LogP contribution is -2.21. The van der Waals surface area contributed by atoms with Crippen molar-refractivity contribution in [2.75, 3.05) is 18.5 Å². The number of nitrogens with one attached hydrogen (secondary N) is 1. The lowest BCUT2D eigenvalue weighted by atomic mass is 10.2. The average molecular weight is 273 g/mol. The molecule has 0 aliphatic heterocycles. The maximum Gasteiger partial charge on any atom is 0.141 e. The first kappa shape index (κ1) is 14.5. The van der Waals surface area contributed by atoms with Gasteiger partial charge >= 0.3 is 0 Å². The van der Waals surface area contributed by atoms with Gasteiger partial charge in [0.1, 0.15) is 11.6 Å². The van der Waals surface area contributed by atoms with Gasteiger partial charge in [-0.2, -0.15) is 0 Å². The number of anilines is 2. The van der Waals surface area contributed by atoms with Crippen LogP contribution in [0.1, 0.15) is 18.1 Å². The van der Waals surface area contributed by atoms with E-state index >= 15 is 0 Å². The van der Waals surface area contributed by atoms with E-state index in [1.54, 1.807) is 0 Å². The molecule has 20 heavy (non-hydrogen) atoms. The number of aromatic nitrogens is 1. The molecule has 0 amide bonds. The van der Waals surface area contributed by atoms with Gasteiger partial charge in [-0.05, 0) is 39.1 Å². The number of hydrogen-bond donors (Lipinski definition) is 1. The molecule has 0 saturated carbocycles. The predicted molar refractivity (Wildman–Crippen MR) is 80.8 cm³/mol. The van der Waals surface area contributed by atoms with Crippen LogP contribution in [0.15, 0.2) is 36.5 Å². The van der Waals surface area contributed by atoms with Gasteiger partial charge in [0.15, 0.2) is 0 Å². The highest BCUT2D eigenvalue weighted by atomic mass is 19.1. The van der Waals surface area contributed by atoms with Crippen LogP contribution in [-0.4, -0.2) is 18.6 Å². The van der Waals surface area contributed by atoms with E-state index in [-0.39, 0.29) is 5.82 Å². The molecule has 0 bridgehead atoms. The molecule has 1 heterocycles. The van der Waals surface area contributed by atoms with E-state index in [4.69, 9.17) is 0 Å². The number of pyridine rings is 1. The zero-order valence-electron chi connectivity index (χ0n) is 12.2. The fourth-order valence-corrected chi connectivity index (χ4v) is 2.22. The smallest absolute Gasteiger partial charge is 0.141 e. The molecule has 2 aromatic rings. The Morgan fingerprint density at radius 3 is 2.55 bits per heavy atom. The van der Waals surface area contributed by atoms with Gasteiger partial charge in [0, 0.05) is 24.3 Å². The summed E-state index contributed by atoms with van der Waals surface area (Å²) in [4.78, 5) is 6.37. The van der Waals surface area contributed by atoms with E-state index in [0.29, 0.717) is 6.54 Å². The Bertz CT molecular complexity index is 566. The molecule has 1 aromatic carbocycles. The molecule has 3 nitrogen and oxygen atoms in total. The predicted octanol–water partition coefficient (Wildman–Crippen LogP) is 3.41.